The van der Waals surface area contributed by atoms with Crippen molar-refractivity contribution in [1.82, 2.24) is 4.90 Å². The SMILES string of the molecule is Cc1sc(C(=O)O)cc1CN1CCC(C(C)C)CC1. The maximum atomic E-state index is 11.0. The summed E-state index contributed by atoms with van der Waals surface area (Å²) >= 11 is 1.39. The maximum absolute atomic E-state index is 11.0. The summed E-state index contributed by atoms with van der Waals surface area (Å²) in [6.45, 7) is 9.82. The van der Waals surface area contributed by atoms with E-state index in [2.05, 4.69) is 18.7 Å². The fourth-order valence-electron chi connectivity index (χ4n) is 2.80. The molecule has 2 heterocycles. The molecule has 1 aromatic rings. The number of hydrogen-bond acceptors (Lipinski definition) is 3. The molecule has 106 valence electrons. The number of rotatable bonds is 4. The van der Waals surface area contributed by atoms with Crippen molar-refractivity contribution in [2.45, 2.75) is 40.2 Å². The Balaban J connectivity index is 1.94. The first-order chi connectivity index (χ1) is 8.97. The van der Waals surface area contributed by atoms with E-state index in [1.807, 2.05) is 13.0 Å². The molecule has 2 rings (SSSR count). The van der Waals surface area contributed by atoms with Crippen molar-refractivity contribution in [2.24, 2.45) is 11.8 Å². The van der Waals surface area contributed by atoms with Crippen LogP contribution in [0.15, 0.2) is 6.07 Å². The van der Waals surface area contributed by atoms with Crippen LogP contribution in [-0.4, -0.2) is 29.1 Å². The Kier molecular flexibility index (Phi) is 4.63. The lowest BCUT2D eigenvalue weighted by atomic mass is 9.86. The van der Waals surface area contributed by atoms with E-state index in [1.54, 1.807) is 0 Å². The number of nitrogens with zero attached hydrogens (tertiary/aromatic N) is 1. The van der Waals surface area contributed by atoms with Gasteiger partial charge in [0.05, 0.1) is 0 Å². The molecule has 0 radical (unpaired) electrons. The monoisotopic (exact) mass is 281 g/mol. The summed E-state index contributed by atoms with van der Waals surface area (Å²) in [4.78, 5) is 15.0. The minimum atomic E-state index is -0.808. The van der Waals surface area contributed by atoms with Crippen LogP contribution in [0.25, 0.3) is 0 Å². The van der Waals surface area contributed by atoms with Gasteiger partial charge in [0.25, 0.3) is 0 Å². The van der Waals surface area contributed by atoms with Crippen molar-refractivity contribution < 1.29 is 9.90 Å². The topological polar surface area (TPSA) is 40.5 Å². The normalized spacial score (nSPS) is 18.1. The number of likely N-dealkylation sites (tertiary alicyclic amines) is 1. The summed E-state index contributed by atoms with van der Waals surface area (Å²) in [6, 6.07) is 1.84. The van der Waals surface area contributed by atoms with Gasteiger partial charge >= 0.3 is 5.97 Å². The second kappa shape index (κ2) is 6.06. The molecule has 1 fully saturated rings. The lowest BCUT2D eigenvalue weighted by molar-refractivity contribution is 0.0702. The fraction of sp³-hybridized carbons (Fsp3) is 0.667. The van der Waals surface area contributed by atoms with Gasteiger partial charge in [-0.25, -0.2) is 4.79 Å². The molecule has 0 saturated carbocycles. The standard InChI is InChI=1S/C15H23NO2S/c1-10(2)12-4-6-16(7-5-12)9-13-8-14(15(17)18)19-11(13)3/h8,10,12H,4-7,9H2,1-3H3,(H,17,18). The molecule has 3 nitrogen and oxygen atoms in total. The Bertz CT molecular complexity index is 445. The van der Waals surface area contributed by atoms with Crippen molar-refractivity contribution in [1.29, 1.82) is 0 Å². The van der Waals surface area contributed by atoms with Crippen molar-refractivity contribution in [3.63, 3.8) is 0 Å². The first kappa shape index (κ1) is 14.5. The summed E-state index contributed by atoms with van der Waals surface area (Å²) in [5.41, 5.74) is 1.19. The lowest BCUT2D eigenvalue weighted by Gasteiger charge is -2.33. The predicted octanol–water partition coefficient (Wildman–Crippen LogP) is 3.62. The average Bonchev–Trinajstić information content (AvgIpc) is 2.72. The summed E-state index contributed by atoms with van der Waals surface area (Å²) < 4.78 is 0. The van der Waals surface area contributed by atoms with Gasteiger partial charge < -0.3 is 5.11 Å². The van der Waals surface area contributed by atoms with Gasteiger partial charge in [-0.05, 0) is 56.3 Å². The second-order valence-electron chi connectivity index (χ2n) is 5.85. The highest BCUT2D eigenvalue weighted by molar-refractivity contribution is 7.14. The van der Waals surface area contributed by atoms with Crippen molar-refractivity contribution in [3.05, 3.63) is 21.4 Å². The van der Waals surface area contributed by atoms with Gasteiger partial charge in [0.1, 0.15) is 4.88 Å². The number of aryl methyl sites for hydroxylation is 1. The minimum Gasteiger partial charge on any atom is -0.477 e. The van der Waals surface area contributed by atoms with E-state index >= 15 is 0 Å². The maximum Gasteiger partial charge on any atom is 0.345 e. The van der Waals surface area contributed by atoms with Crippen LogP contribution >= 0.6 is 11.3 Å². The molecular formula is C15H23NO2S. The highest BCUT2D eigenvalue weighted by atomic mass is 32.1. The molecule has 1 aromatic heterocycles. The van der Waals surface area contributed by atoms with Gasteiger partial charge in [-0.2, -0.15) is 0 Å². The van der Waals surface area contributed by atoms with Gasteiger partial charge in [0, 0.05) is 11.4 Å². The number of piperidine rings is 1. The highest BCUT2D eigenvalue weighted by Gasteiger charge is 2.22. The van der Waals surface area contributed by atoms with Crippen LogP contribution in [0.2, 0.25) is 0 Å². The van der Waals surface area contributed by atoms with E-state index in [4.69, 9.17) is 5.11 Å². The zero-order valence-electron chi connectivity index (χ0n) is 12.0. The van der Waals surface area contributed by atoms with Gasteiger partial charge in [-0.1, -0.05) is 13.8 Å². The number of thiophene rings is 1. The highest BCUT2D eigenvalue weighted by Crippen LogP contribution is 2.27. The Morgan fingerprint density at radius 2 is 2.11 bits per heavy atom. The summed E-state index contributed by atoms with van der Waals surface area (Å²) in [5, 5.41) is 9.02. The van der Waals surface area contributed by atoms with Crippen LogP contribution in [0.4, 0.5) is 0 Å². The molecule has 0 amide bonds. The first-order valence-electron chi connectivity index (χ1n) is 7.02. The molecule has 1 N–H and O–H groups in total. The van der Waals surface area contributed by atoms with Crippen molar-refractivity contribution in [2.75, 3.05) is 13.1 Å². The van der Waals surface area contributed by atoms with E-state index in [0.29, 0.717) is 4.88 Å². The molecule has 4 heteroatoms. The summed E-state index contributed by atoms with van der Waals surface area (Å²) in [6.07, 6.45) is 2.54. The van der Waals surface area contributed by atoms with Crippen LogP contribution in [0.5, 0.6) is 0 Å². The number of hydrogen-bond donors (Lipinski definition) is 1. The van der Waals surface area contributed by atoms with Crippen molar-refractivity contribution in [3.8, 4) is 0 Å². The molecule has 1 aliphatic heterocycles. The first-order valence-corrected chi connectivity index (χ1v) is 7.84. The number of carboxylic acids is 1. The molecule has 0 spiro atoms. The minimum absolute atomic E-state index is 0.463. The van der Waals surface area contributed by atoms with E-state index < -0.39 is 5.97 Å². The number of aromatic carboxylic acids is 1. The molecule has 19 heavy (non-hydrogen) atoms. The van der Waals surface area contributed by atoms with E-state index in [9.17, 15) is 4.79 Å². The molecule has 0 aliphatic carbocycles. The quantitative estimate of drug-likeness (QED) is 0.916. The van der Waals surface area contributed by atoms with E-state index in [-0.39, 0.29) is 0 Å². The van der Waals surface area contributed by atoms with Crippen LogP contribution in [-0.2, 0) is 6.54 Å². The largest absolute Gasteiger partial charge is 0.477 e. The number of carboxylic acid groups (broad SMARTS) is 1. The average molecular weight is 281 g/mol. The fourth-order valence-corrected chi connectivity index (χ4v) is 3.67. The van der Waals surface area contributed by atoms with Gasteiger partial charge in [-0.15, -0.1) is 11.3 Å². The van der Waals surface area contributed by atoms with Crippen LogP contribution in [0.1, 0.15) is 46.8 Å². The second-order valence-corrected chi connectivity index (χ2v) is 7.11. The summed E-state index contributed by atoms with van der Waals surface area (Å²) in [7, 11) is 0. The molecule has 0 unspecified atom stereocenters. The zero-order valence-corrected chi connectivity index (χ0v) is 12.8. The third-order valence-corrected chi connectivity index (χ3v) is 5.28. The van der Waals surface area contributed by atoms with E-state index in [0.717, 1.165) is 36.3 Å². The zero-order chi connectivity index (χ0) is 14.0. The third-order valence-electron chi connectivity index (χ3n) is 4.20. The van der Waals surface area contributed by atoms with Gasteiger partial charge in [0.2, 0.25) is 0 Å². The number of carbonyl (C=O) groups is 1. The Hall–Kier alpha value is -0.870. The van der Waals surface area contributed by atoms with Gasteiger partial charge in [0.15, 0.2) is 0 Å². The molecule has 0 atom stereocenters. The molecule has 0 bridgehead atoms. The smallest absolute Gasteiger partial charge is 0.345 e. The lowest BCUT2D eigenvalue weighted by Crippen LogP contribution is -2.34. The Labute approximate surface area is 119 Å². The third kappa shape index (κ3) is 3.57. The molecule has 1 saturated heterocycles. The van der Waals surface area contributed by atoms with Crippen LogP contribution < -0.4 is 0 Å². The Morgan fingerprint density at radius 3 is 2.58 bits per heavy atom. The van der Waals surface area contributed by atoms with Crippen LogP contribution in [0.3, 0.4) is 0 Å². The van der Waals surface area contributed by atoms with Crippen LogP contribution in [0, 0.1) is 18.8 Å². The predicted molar refractivity (Wildman–Crippen MR) is 78.9 cm³/mol. The molecular weight excluding hydrogens is 258 g/mol. The Morgan fingerprint density at radius 1 is 1.47 bits per heavy atom. The van der Waals surface area contributed by atoms with Gasteiger partial charge in [-0.3, -0.25) is 4.90 Å². The van der Waals surface area contributed by atoms with E-state index in [1.165, 1.54) is 29.7 Å². The molecule has 1 aliphatic rings. The summed E-state index contributed by atoms with van der Waals surface area (Å²) in [5.74, 6) is 0.830. The molecule has 0 aromatic carbocycles. The van der Waals surface area contributed by atoms with Crippen molar-refractivity contribution >= 4 is 17.3 Å².